The maximum absolute atomic E-state index is 13.4. The summed E-state index contributed by atoms with van der Waals surface area (Å²) in [5.74, 6) is 3.10. The second-order valence-electron chi connectivity index (χ2n) is 9.78. The average molecular weight is 425 g/mol. The van der Waals surface area contributed by atoms with E-state index in [9.17, 15) is 4.79 Å². The van der Waals surface area contributed by atoms with Crippen LogP contribution in [-0.2, 0) is 11.2 Å². The smallest absolute Gasteiger partial charge is 0.223 e. The first kappa shape index (κ1) is 20.9. The molecule has 3 fully saturated rings. The largest absolute Gasteiger partial charge is 0.493 e. The molecule has 0 radical (unpaired) electrons. The third-order valence-corrected chi connectivity index (χ3v) is 8.05. The number of amides is 1. The van der Waals surface area contributed by atoms with E-state index in [0.29, 0.717) is 30.2 Å². The van der Waals surface area contributed by atoms with Crippen molar-refractivity contribution in [1.82, 2.24) is 9.80 Å². The first-order chi connectivity index (χ1) is 15.2. The summed E-state index contributed by atoms with van der Waals surface area (Å²) in [6.07, 6.45) is 11.5. The van der Waals surface area contributed by atoms with E-state index in [2.05, 4.69) is 15.9 Å². The molecule has 31 heavy (non-hydrogen) atoms. The molecule has 3 heterocycles. The standard InChI is InChI=1S/C26H36N2O3/c1-30-23-10-8-18(14-24(23)31-2)9-11-25(29)28-13-5-6-19-15-20-16-21(26(19)28)17-27-12-4-3-7-22(20)27/h8,10,14-15,20-22,26H,3-7,9,11-13,16-17H2,1-2H3/t20-,21-,22?,26?/m1/s1. The van der Waals surface area contributed by atoms with Crippen molar-refractivity contribution in [2.45, 2.75) is 63.5 Å². The van der Waals surface area contributed by atoms with Gasteiger partial charge in [-0.3, -0.25) is 9.69 Å². The highest BCUT2D eigenvalue weighted by Gasteiger charge is 2.46. The normalized spacial score (nSPS) is 30.1. The number of hydrogen-bond donors (Lipinski definition) is 0. The maximum Gasteiger partial charge on any atom is 0.223 e. The molecule has 2 unspecified atom stereocenters. The van der Waals surface area contributed by atoms with E-state index in [-0.39, 0.29) is 0 Å². The van der Waals surface area contributed by atoms with Gasteiger partial charge in [-0.2, -0.15) is 0 Å². The van der Waals surface area contributed by atoms with E-state index in [0.717, 1.165) is 42.5 Å². The number of carbonyl (C=O) groups is 1. The minimum Gasteiger partial charge on any atom is -0.493 e. The second-order valence-corrected chi connectivity index (χ2v) is 9.78. The first-order valence-corrected chi connectivity index (χ1v) is 12.1. The molecule has 5 rings (SSSR count). The van der Waals surface area contributed by atoms with E-state index in [1.807, 2.05) is 18.2 Å². The van der Waals surface area contributed by atoms with Gasteiger partial charge in [-0.1, -0.05) is 24.1 Å². The van der Waals surface area contributed by atoms with Crippen LogP contribution in [0.25, 0.3) is 0 Å². The molecule has 0 saturated carbocycles. The predicted molar refractivity (Wildman–Crippen MR) is 121 cm³/mol. The minimum atomic E-state index is 0.310. The van der Waals surface area contributed by atoms with Crippen molar-refractivity contribution in [3.05, 3.63) is 35.4 Å². The maximum atomic E-state index is 13.4. The zero-order chi connectivity index (χ0) is 21.4. The lowest BCUT2D eigenvalue weighted by molar-refractivity contribution is -0.136. The zero-order valence-corrected chi connectivity index (χ0v) is 19.0. The Morgan fingerprint density at radius 1 is 1.10 bits per heavy atom. The lowest BCUT2D eigenvalue weighted by Crippen LogP contribution is -2.60. The summed E-state index contributed by atoms with van der Waals surface area (Å²) in [6, 6.07) is 7.06. The molecule has 3 aliphatic heterocycles. The lowest BCUT2D eigenvalue weighted by atomic mass is 9.68. The molecule has 3 saturated heterocycles. The number of hydrogen-bond acceptors (Lipinski definition) is 4. The number of aryl methyl sites for hydroxylation is 1. The number of fused-ring (bicyclic) bond motifs is 6. The Morgan fingerprint density at radius 2 is 1.97 bits per heavy atom. The monoisotopic (exact) mass is 424 g/mol. The van der Waals surface area contributed by atoms with Crippen molar-refractivity contribution >= 4 is 5.91 Å². The van der Waals surface area contributed by atoms with Crippen molar-refractivity contribution in [2.24, 2.45) is 11.8 Å². The molecular formula is C26H36N2O3. The van der Waals surface area contributed by atoms with Gasteiger partial charge in [-0.25, -0.2) is 0 Å². The Bertz CT molecular complexity index is 851. The Balaban J connectivity index is 1.29. The number of likely N-dealkylation sites (tertiary alicyclic amines) is 1. The molecule has 4 atom stereocenters. The molecule has 1 aromatic carbocycles. The van der Waals surface area contributed by atoms with Gasteiger partial charge < -0.3 is 14.4 Å². The molecule has 1 aromatic rings. The Morgan fingerprint density at radius 3 is 2.81 bits per heavy atom. The number of piperidine rings is 3. The molecule has 0 aromatic heterocycles. The quantitative estimate of drug-likeness (QED) is 0.669. The number of nitrogens with zero attached hydrogens (tertiary/aromatic N) is 2. The Labute approximate surface area is 186 Å². The van der Waals surface area contributed by atoms with Crippen LogP contribution in [0.1, 0.15) is 50.5 Å². The highest BCUT2D eigenvalue weighted by atomic mass is 16.5. The molecule has 5 nitrogen and oxygen atoms in total. The van der Waals surface area contributed by atoms with E-state index in [4.69, 9.17) is 9.47 Å². The van der Waals surface area contributed by atoms with Gasteiger partial charge in [0.1, 0.15) is 0 Å². The van der Waals surface area contributed by atoms with Gasteiger partial charge in [0.2, 0.25) is 5.91 Å². The fraction of sp³-hybridized carbons (Fsp3) is 0.654. The van der Waals surface area contributed by atoms with Crippen LogP contribution in [0.15, 0.2) is 29.8 Å². The third-order valence-electron chi connectivity index (χ3n) is 8.05. The summed E-state index contributed by atoms with van der Waals surface area (Å²) in [5.41, 5.74) is 2.69. The van der Waals surface area contributed by atoms with Crippen LogP contribution in [0.4, 0.5) is 0 Å². The highest BCUT2D eigenvalue weighted by molar-refractivity contribution is 5.77. The summed E-state index contributed by atoms with van der Waals surface area (Å²) in [5, 5.41) is 0. The van der Waals surface area contributed by atoms with E-state index in [1.165, 1.54) is 45.2 Å². The summed E-state index contributed by atoms with van der Waals surface area (Å²) < 4.78 is 10.8. The SMILES string of the molecule is COc1ccc(CCC(=O)N2CCCC3=C[C@@H]4C[C@H](CN5CCCCC45)C32)cc1OC. The highest BCUT2D eigenvalue weighted by Crippen LogP contribution is 2.45. The number of ether oxygens (including phenoxy) is 2. The van der Waals surface area contributed by atoms with Crippen LogP contribution in [-0.4, -0.2) is 61.6 Å². The number of carbonyl (C=O) groups excluding carboxylic acids is 1. The van der Waals surface area contributed by atoms with Crippen molar-refractivity contribution in [2.75, 3.05) is 33.9 Å². The summed E-state index contributed by atoms with van der Waals surface area (Å²) in [7, 11) is 3.30. The number of rotatable bonds is 5. The third kappa shape index (κ3) is 3.97. The minimum absolute atomic E-state index is 0.310. The summed E-state index contributed by atoms with van der Waals surface area (Å²) in [6.45, 7) is 3.35. The van der Waals surface area contributed by atoms with Crippen molar-refractivity contribution in [3.8, 4) is 11.5 Å². The second kappa shape index (κ2) is 8.85. The predicted octanol–water partition coefficient (Wildman–Crippen LogP) is 4.06. The van der Waals surface area contributed by atoms with Crippen LogP contribution in [0, 0.1) is 11.8 Å². The van der Waals surface area contributed by atoms with Gasteiger partial charge in [0.25, 0.3) is 0 Å². The van der Waals surface area contributed by atoms with Gasteiger partial charge in [0, 0.05) is 25.6 Å². The summed E-state index contributed by atoms with van der Waals surface area (Å²) in [4.78, 5) is 18.4. The van der Waals surface area contributed by atoms with Gasteiger partial charge in [-0.05, 0) is 74.6 Å². The van der Waals surface area contributed by atoms with E-state index >= 15 is 0 Å². The molecule has 5 heteroatoms. The van der Waals surface area contributed by atoms with Crippen molar-refractivity contribution < 1.29 is 14.3 Å². The fourth-order valence-electron chi connectivity index (χ4n) is 6.68. The molecular weight excluding hydrogens is 388 g/mol. The van der Waals surface area contributed by atoms with Crippen molar-refractivity contribution in [1.29, 1.82) is 0 Å². The molecule has 4 aliphatic rings. The topological polar surface area (TPSA) is 42.0 Å². The molecule has 1 aliphatic carbocycles. The molecule has 1 amide bonds. The molecule has 0 N–H and O–H groups in total. The van der Waals surface area contributed by atoms with E-state index in [1.54, 1.807) is 19.8 Å². The van der Waals surface area contributed by atoms with Crippen LogP contribution >= 0.6 is 0 Å². The average Bonchev–Trinajstić information content (AvgIpc) is 2.82. The van der Waals surface area contributed by atoms with Gasteiger partial charge in [0.05, 0.1) is 20.3 Å². The fourth-order valence-corrected chi connectivity index (χ4v) is 6.68. The van der Waals surface area contributed by atoms with Gasteiger partial charge >= 0.3 is 0 Å². The van der Waals surface area contributed by atoms with Crippen LogP contribution < -0.4 is 9.47 Å². The zero-order valence-electron chi connectivity index (χ0n) is 19.0. The number of benzene rings is 1. The molecule has 0 spiro atoms. The molecule has 168 valence electrons. The summed E-state index contributed by atoms with van der Waals surface area (Å²) >= 11 is 0. The van der Waals surface area contributed by atoms with E-state index < -0.39 is 0 Å². The molecule has 2 bridgehead atoms. The Hall–Kier alpha value is -2.01. The van der Waals surface area contributed by atoms with Crippen molar-refractivity contribution in [3.63, 3.8) is 0 Å². The van der Waals surface area contributed by atoms with Gasteiger partial charge in [-0.15, -0.1) is 0 Å². The number of methoxy groups -OCH3 is 2. The lowest BCUT2D eigenvalue weighted by Gasteiger charge is -2.54. The first-order valence-electron chi connectivity index (χ1n) is 12.1. The Kier molecular flexibility index (Phi) is 5.96. The van der Waals surface area contributed by atoms with Crippen LogP contribution in [0.3, 0.4) is 0 Å². The van der Waals surface area contributed by atoms with Gasteiger partial charge in [0.15, 0.2) is 11.5 Å². The van der Waals surface area contributed by atoms with Crippen LogP contribution in [0.5, 0.6) is 11.5 Å². The van der Waals surface area contributed by atoms with Crippen LogP contribution in [0.2, 0.25) is 0 Å².